The van der Waals surface area contributed by atoms with Gasteiger partial charge in [0.15, 0.2) is 0 Å². The summed E-state index contributed by atoms with van der Waals surface area (Å²) < 4.78 is 0. The van der Waals surface area contributed by atoms with Gasteiger partial charge >= 0.3 is 0 Å². The van der Waals surface area contributed by atoms with Crippen molar-refractivity contribution in [3.63, 3.8) is 0 Å². The molecule has 0 aliphatic carbocycles. The van der Waals surface area contributed by atoms with Gasteiger partial charge in [0.05, 0.1) is 0 Å². The minimum atomic E-state index is 0.702. The predicted octanol–water partition coefficient (Wildman–Crippen LogP) is 2.54. The molecule has 0 aromatic rings. The van der Waals surface area contributed by atoms with Gasteiger partial charge in [0, 0.05) is 6.04 Å². The molecular formula is C10H21N. The summed E-state index contributed by atoms with van der Waals surface area (Å²) >= 11 is 0. The molecule has 1 heteroatoms. The van der Waals surface area contributed by atoms with Gasteiger partial charge in [-0.05, 0) is 32.9 Å². The smallest absolute Gasteiger partial charge is 0.0115 e. The van der Waals surface area contributed by atoms with Crippen LogP contribution in [0.2, 0.25) is 0 Å². The maximum atomic E-state index is 3.73. The second-order valence-corrected chi connectivity index (χ2v) is 3.64. The van der Waals surface area contributed by atoms with E-state index in [2.05, 4.69) is 39.4 Å². The molecule has 66 valence electrons. The first kappa shape index (κ1) is 10.7. The van der Waals surface area contributed by atoms with E-state index in [4.69, 9.17) is 0 Å². The van der Waals surface area contributed by atoms with Crippen molar-refractivity contribution in [3.05, 3.63) is 12.7 Å². The van der Waals surface area contributed by atoms with Gasteiger partial charge in [0.2, 0.25) is 0 Å². The van der Waals surface area contributed by atoms with Crippen LogP contribution in [-0.2, 0) is 0 Å². The van der Waals surface area contributed by atoms with Crippen molar-refractivity contribution in [1.29, 1.82) is 0 Å². The van der Waals surface area contributed by atoms with E-state index in [1.807, 2.05) is 6.08 Å². The van der Waals surface area contributed by atoms with Crippen LogP contribution < -0.4 is 0 Å². The highest BCUT2D eigenvalue weighted by molar-refractivity contribution is 4.75. The van der Waals surface area contributed by atoms with E-state index < -0.39 is 0 Å². The number of nitrogens with zero attached hydrogens (tertiary/aromatic N) is 1. The SMILES string of the molecule is C=CCC[C@H](C(C)C)N(C)C. The first-order valence-electron chi connectivity index (χ1n) is 4.37. The monoisotopic (exact) mass is 155 g/mol. The maximum Gasteiger partial charge on any atom is 0.0115 e. The van der Waals surface area contributed by atoms with Crippen LogP contribution in [0.15, 0.2) is 12.7 Å². The molecule has 1 atom stereocenters. The molecule has 0 N–H and O–H groups in total. The molecule has 0 rings (SSSR count). The van der Waals surface area contributed by atoms with Crippen molar-refractivity contribution in [2.45, 2.75) is 32.7 Å². The Morgan fingerprint density at radius 3 is 2.18 bits per heavy atom. The van der Waals surface area contributed by atoms with Gasteiger partial charge < -0.3 is 4.90 Å². The van der Waals surface area contributed by atoms with Gasteiger partial charge in [-0.1, -0.05) is 19.9 Å². The molecule has 0 aliphatic heterocycles. The minimum absolute atomic E-state index is 0.702. The Labute approximate surface area is 71.1 Å². The molecule has 0 saturated heterocycles. The zero-order valence-corrected chi connectivity index (χ0v) is 8.30. The molecule has 0 amide bonds. The Balaban J connectivity index is 3.79. The number of hydrogen-bond acceptors (Lipinski definition) is 1. The number of rotatable bonds is 5. The Morgan fingerprint density at radius 1 is 1.36 bits per heavy atom. The third-order valence-electron chi connectivity index (χ3n) is 2.10. The van der Waals surface area contributed by atoms with Crippen molar-refractivity contribution in [1.82, 2.24) is 4.90 Å². The Bertz CT molecular complexity index is 97.4. The third kappa shape index (κ3) is 4.20. The van der Waals surface area contributed by atoms with Crippen molar-refractivity contribution in [2.75, 3.05) is 14.1 Å². The molecule has 0 aromatic heterocycles. The topological polar surface area (TPSA) is 3.24 Å². The largest absolute Gasteiger partial charge is 0.306 e. The molecule has 0 fully saturated rings. The van der Waals surface area contributed by atoms with Gasteiger partial charge in [-0.3, -0.25) is 0 Å². The molecule has 1 nitrogen and oxygen atoms in total. The first-order chi connectivity index (χ1) is 5.09. The van der Waals surface area contributed by atoms with E-state index in [1.165, 1.54) is 6.42 Å². The van der Waals surface area contributed by atoms with E-state index in [0.29, 0.717) is 6.04 Å². The standard InChI is InChI=1S/C10H21N/c1-6-7-8-10(9(2)3)11(4)5/h6,9-10H,1,7-8H2,2-5H3/t10-/m1/s1. The average Bonchev–Trinajstić information content (AvgIpc) is 1.87. The Morgan fingerprint density at radius 2 is 1.91 bits per heavy atom. The molecule has 0 aromatic carbocycles. The van der Waals surface area contributed by atoms with Crippen molar-refractivity contribution < 1.29 is 0 Å². The zero-order chi connectivity index (χ0) is 8.85. The fourth-order valence-corrected chi connectivity index (χ4v) is 1.48. The molecule has 0 unspecified atom stereocenters. The lowest BCUT2D eigenvalue weighted by molar-refractivity contribution is 0.220. The summed E-state index contributed by atoms with van der Waals surface area (Å²) in [7, 11) is 4.29. The lowest BCUT2D eigenvalue weighted by atomic mass is 9.98. The molecule has 0 heterocycles. The van der Waals surface area contributed by atoms with E-state index in [-0.39, 0.29) is 0 Å². The molecule has 0 saturated carbocycles. The maximum absolute atomic E-state index is 3.73. The van der Waals surface area contributed by atoms with Gasteiger partial charge in [-0.15, -0.1) is 6.58 Å². The third-order valence-corrected chi connectivity index (χ3v) is 2.10. The van der Waals surface area contributed by atoms with Gasteiger partial charge in [0.1, 0.15) is 0 Å². The van der Waals surface area contributed by atoms with Crippen LogP contribution in [0.3, 0.4) is 0 Å². The molecule has 0 aliphatic rings. The van der Waals surface area contributed by atoms with Crippen molar-refractivity contribution in [2.24, 2.45) is 5.92 Å². The summed E-state index contributed by atoms with van der Waals surface area (Å²) in [6.45, 7) is 8.28. The summed E-state index contributed by atoms with van der Waals surface area (Å²) in [5.74, 6) is 0.741. The van der Waals surface area contributed by atoms with Crippen LogP contribution in [0.25, 0.3) is 0 Å². The Hall–Kier alpha value is -0.300. The molecule has 11 heavy (non-hydrogen) atoms. The van der Waals surface area contributed by atoms with Crippen LogP contribution in [0.4, 0.5) is 0 Å². The van der Waals surface area contributed by atoms with E-state index in [0.717, 1.165) is 12.3 Å². The number of allylic oxidation sites excluding steroid dienone is 1. The van der Waals surface area contributed by atoms with Crippen molar-refractivity contribution >= 4 is 0 Å². The quantitative estimate of drug-likeness (QED) is 0.551. The van der Waals surface area contributed by atoms with E-state index in [9.17, 15) is 0 Å². The normalized spacial score (nSPS) is 14.0. The first-order valence-corrected chi connectivity index (χ1v) is 4.37. The van der Waals surface area contributed by atoms with Crippen LogP contribution in [0, 0.1) is 5.92 Å². The predicted molar refractivity (Wildman–Crippen MR) is 51.7 cm³/mol. The second kappa shape index (κ2) is 5.36. The van der Waals surface area contributed by atoms with Crippen LogP contribution in [-0.4, -0.2) is 25.0 Å². The fraction of sp³-hybridized carbons (Fsp3) is 0.800. The summed E-state index contributed by atoms with van der Waals surface area (Å²) in [4.78, 5) is 2.30. The summed E-state index contributed by atoms with van der Waals surface area (Å²) in [5, 5.41) is 0. The van der Waals surface area contributed by atoms with Gasteiger partial charge in [0.25, 0.3) is 0 Å². The summed E-state index contributed by atoms with van der Waals surface area (Å²) in [6.07, 6.45) is 4.36. The molecule has 0 spiro atoms. The van der Waals surface area contributed by atoms with E-state index in [1.54, 1.807) is 0 Å². The number of hydrogen-bond donors (Lipinski definition) is 0. The van der Waals surface area contributed by atoms with Gasteiger partial charge in [-0.2, -0.15) is 0 Å². The molecular weight excluding hydrogens is 134 g/mol. The summed E-state index contributed by atoms with van der Waals surface area (Å²) in [6, 6.07) is 0.702. The van der Waals surface area contributed by atoms with Crippen LogP contribution in [0.5, 0.6) is 0 Å². The fourth-order valence-electron chi connectivity index (χ4n) is 1.48. The van der Waals surface area contributed by atoms with Crippen molar-refractivity contribution in [3.8, 4) is 0 Å². The average molecular weight is 155 g/mol. The Kier molecular flexibility index (Phi) is 5.22. The van der Waals surface area contributed by atoms with Crippen LogP contribution in [0.1, 0.15) is 26.7 Å². The van der Waals surface area contributed by atoms with Gasteiger partial charge in [-0.25, -0.2) is 0 Å². The van der Waals surface area contributed by atoms with Crippen LogP contribution >= 0.6 is 0 Å². The second-order valence-electron chi connectivity index (χ2n) is 3.64. The highest BCUT2D eigenvalue weighted by Crippen LogP contribution is 2.13. The lowest BCUT2D eigenvalue weighted by Gasteiger charge is -2.27. The highest BCUT2D eigenvalue weighted by atomic mass is 15.1. The lowest BCUT2D eigenvalue weighted by Crippen LogP contribution is -2.32. The zero-order valence-electron chi connectivity index (χ0n) is 8.30. The summed E-state index contributed by atoms with van der Waals surface area (Å²) in [5.41, 5.74) is 0. The molecule has 0 radical (unpaired) electrons. The highest BCUT2D eigenvalue weighted by Gasteiger charge is 2.13. The van der Waals surface area contributed by atoms with E-state index >= 15 is 0 Å². The molecule has 0 bridgehead atoms. The minimum Gasteiger partial charge on any atom is -0.306 e.